The van der Waals surface area contributed by atoms with Crippen molar-refractivity contribution in [2.45, 2.75) is 38.6 Å². The number of amides is 1. The van der Waals surface area contributed by atoms with Gasteiger partial charge in [-0.3, -0.25) is 9.69 Å². The second kappa shape index (κ2) is 7.57. The smallest absolute Gasteiger partial charge is 0.222 e. The van der Waals surface area contributed by atoms with E-state index in [1.54, 1.807) is 0 Å². The average molecular weight is 402 g/mol. The van der Waals surface area contributed by atoms with E-state index < -0.39 is 0 Å². The molecule has 2 aromatic heterocycles. The van der Waals surface area contributed by atoms with Gasteiger partial charge in [-0.2, -0.15) is 0 Å². The molecule has 2 aliphatic heterocycles. The van der Waals surface area contributed by atoms with E-state index in [1.165, 1.54) is 28.7 Å². The molecule has 0 bridgehead atoms. The molecule has 0 saturated carbocycles. The molecule has 1 atom stereocenters. The van der Waals surface area contributed by atoms with Gasteiger partial charge in [-0.25, -0.2) is 9.97 Å². The van der Waals surface area contributed by atoms with E-state index in [1.807, 2.05) is 11.3 Å². The number of fused-ring (bicyclic) bond motifs is 3. The number of rotatable bonds is 4. The molecule has 150 valence electrons. The summed E-state index contributed by atoms with van der Waals surface area (Å²) in [7, 11) is 0. The average Bonchev–Trinajstić information content (AvgIpc) is 3.33. The number of anilines is 1. The molecule has 2 aromatic rings. The molecule has 3 aliphatic rings. The molecule has 0 aromatic carbocycles. The van der Waals surface area contributed by atoms with E-state index in [-0.39, 0.29) is 11.8 Å². The van der Waals surface area contributed by atoms with Gasteiger partial charge in [0.2, 0.25) is 5.91 Å². The molecule has 8 heteroatoms. The van der Waals surface area contributed by atoms with Crippen LogP contribution in [0.4, 0.5) is 5.82 Å². The summed E-state index contributed by atoms with van der Waals surface area (Å²) in [4.78, 5) is 28.9. The number of nitrogens with two attached hydrogens (primary N) is 1. The SMILES string of the molecule is NC(=O)C1CCN(c2nc(CN3CCOCC3)nc3sc4c(c23)CCCC4)C1. The molecule has 0 spiro atoms. The van der Waals surface area contributed by atoms with Crippen molar-refractivity contribution in [2.24, 2.45) is 11.7 Å². The lowest BCUT2D eigenvalue weighted by atomic mass is 9.97. The van der Waals surface area contributed by atoms with Gasteiger partial charge < -0.3 is 15.4 Å². The second-order valence-electron chi connectivity index (χ2n) is 8.08. The maximum atomic E-state index is 11.7. The summed E-state index contributed by atoms with van der Waals surface area (Å²) in [6.07, 6.45) is 5.57. The van der Waals surface area contributed by atoms with Crippen LogP contribution in [0.2, 0.25) is 0 Å². The van der Waals surface area contributed by atoms with Crippen LogP contribution in [-0.2, 0) is 28.9 Å². The van der Waals surface area contributed by atoms with E-state index in [0.29, 0.717) is 6.54 Å². The van der Waals surface area contributed by atoms with Gasteiger partial charge in [-0.15, -0.1) is 11.3 Å². The Labute approximate surface area is 168 Å². The summed E-state index contributed by atoms with van der Waals surface area (Å²) in [6, 6.07) is 0. The van der Waals surface area contributed by atoms with Crippen molar-refractivity contribution >= 4 is 33.3 Å². The van der Waals surface area contributed by atoms with Gasteiger partial charge in [0.15, 0.2) is 0 Å². The number of thiophene rings is 1. The fourth-order valence-electron chi connectivity index (χ4n) is 4.62. The number of morpholine rings is 1. The lowest BCUT2D eigenvalue weighted by Crippen LogP contribution is -2.36. The Hall–Kier alpha value is -1.77. The molecule has 28 heavy (non-hydrogen) atoms. The van der Waals surface area contributed by atoms with Crippen LogP contribution in [0, 0.1) is 5.92 Å². The predicted molar refractivity (Wildman–Crippen MR) is 110 cm³/mol. The van der Waals surface area contributed by atoms with E-state index in [9.17, 15) is 4.79 Å². The van der Waals surface area contributed by atoms with Crippen LogP contribution in [-0.4, -0.2) is 60.2 Å². The lowest BCUT2D eigenvalue weighted by Gasteiger charge is -2.26. The molecule has 5 rings (SSSR count). The molecule has 2 fully saturated rings. The Morgan fingerprint density at radius 2 is 2.00 bits per heavy atom. The summed E-state index contributed by atoms with van der Waals surface area (Å²) in [5.74, 6) is 1.62. The zero-order valence-corrected chi connectivity index (χ0v) is 17.0. The third kappa shape index (κ3) is 3.38. The van der Waals surface area contributed by atoms with E-state index >= 15 is 0 Å². The maximum Gasteiger partial charge on any atom is 0.222 e. The largest absolute Gasteiger partial charge is 0.379 e. The highest BCUT2D eigenvalue weighted by Crippen LogP contribution is 2.40. The van der Waals surface area contributed by atoms with E-state index in [4.69, 9.17) is 20.4 Å². The van der Waals surface area contributed by atoms with Gasteiger partial charge >= 0.3 is 0 Å². The Balaban J connectivity index is 1.54. The number of hydrogen-bond donors (Lipinski definition) is 1. The van der Waals surface area contributed by atoms with Crippen molar-refractivity contribution in [1.82, 2.24) is 14.9 Å². The van der Waals surface area contributed by atoms with Gasteiger partial charge in [-0.1, -0.05) is 0 Å². The van der Waals surface area contributed by atoms with Gasteiger partial charge in [0.25, 0.3) is 0 Å². The van der Waals surface area contributed by atoms with Gasteiger partial charge in [0.1, 0.15) is 16.5 Å². The predicted octanol–water partition coefficient (Wildman–Crippen LogP) is 1.71. The molecule has 4 heterocycles. The minimum atomic E-state index is -0.200. The fourth-order valence-corrected chi connectivity index (χ4v) is 5.90. The van der Waals surface area contributed by atoms with Crippen molar-refractivity contribution in [1.29, 1.82) is 0 Å². The highest BCUT2D eigenvalue weighted by molar-refractivity contribution is 7.19. The first kappa shape index (κ1) is 18.3. The first-order valence-electron chi connectivity index (χ1n) is 10.3. The number of ether oxygens (including phenoxy) is 1. The number of primary amides is 1. The quantitative estimate of drug-likeness (QED) is 0.840. The van der Waals surface area contributed by atoms with Crippen LogP contribution in [0.3, 0.4) is 0 Å². The van der Waals surface area contributed by atoms with Crippen molar-refractivity contribution in [3.63, 3.8) is 0 Å². The number of aromatic nitrogens is 2. The minimum Gasteiger partial charge on any atom is -0.379 e. The number of aryl methyl sites for hydroxylation is 2. The monoisotopic (exact) mass is 401 g/mol. The fraction of sp³-hybridized carbons (Fsp3) is 0.650. The van der Waals surface area contributed by atoms with Crippen LogP contribution in [0.1, 0.15) is 35.5 Å². The van der Waals surface area contributed by atoms with Crippen LogP contribution >= 0.6 is 11.3 Å². The normalized spacial score (nSPS) is 23.3. The zero-order valence-electron chi connectivity index (χ0n) is 16.2. The van der Waals surface area contributed by atoms with Crippen molar-refractivity contribution in [3.8, 4) is 0 Å². The standard InChI is InChI=1S/C20H27N5O2S/c21-18(26)13-5-6-25(11-13)19-17-14-3-1-2-4-15(14)28-20(17)23-16(22-19)12-24-7-9-27-10-8-24/h13H,1-12H2,(H2,21,26). The van der Waals surface area contributed by atoms with Crippen molar-refractivity contribution < 1.29 is 9.53 Å². The maximum absolute atomic E-state index is 11.7. The molecule has 7 nitrogen and oxygen atoms in total. The molecule has 0 radical (unpaired) electrons. The van der Waals surface area contributed by atoms with Crippen molar-refractivity contribution in [2.75, 3.05) is 44.3 Å². The molecule has 1 aliphatic carbocycles. The lowest BCUT2D eigenvalue weighted by molar-refractivity contribution is -0.121. The van der Waals surface area contributed by atoms with Crippen LogP contribution in [0.25, 0.3) is 10.2 Å². The minimum absolute atomic E-state index is 0.0813. The number of hydrogen-bond acceptors (Lipinski definition) is 7. The Morgan fingerprint density at radius 3 is 2.79 bits per heavy atom. The molecular weight excluding hydrogens is 374 g/mol. The summed E-state index contributed by atoms with van der Waals surface area (Å²) < 4.78 is 5.47. The summed E-state index contributed by atoms with van der Waals surface area (Å²) in [5.41, 5.74) is 7.03. The first-order valence-corrected chi connectivity index (χ1v) is 11.2. The molecule has 1 amide bonds. The molecular formula is C20H27N5O2S. The highest BCUT2D eigenvalue weighted by Gasteiger charge is 2.31. The number of carbonyl (C=O) groups excluding carboxylic acids is 1. The van der Waals surface area contributed by atoms with E-state index in [2.05, 4.69) is 9.80 Å². The third-order valence-electron chi connectivity index (χ3n) is 6.20. The molecule has 1 unspecified atom stereocenters. The summed E-state index contributed by atoms with van der Waals surface area (Å²) in [6.45, 7) is 5.65. The first-order chi connectivity index (χ1) is 13.7. The van der Waals surface area contributed by atoms with Crippen LogP contribution in [0.5, 0.6) is 0 Å². The molecule has 2 N–H and O–H groups in total. The topological polar surface area (TPSA) is 84.6 Å². The van der Waals surface area contributed by atoms with Gasteiger partial charge in [0, 0.05) is 31.1 Å². The molecule has 2 saturated heterocycles. The van der Waals surface area contributed by atoms with Crippen LogP contribution < -0.4 is 10.6 Å². The second-order valence-corrected chi connectivity index (χ2v) is 9.16. The number of nitrogens with zero attached hydrogens (tertiary/aromatic N) is 4. The summed E-state index contributed by atoms with van der Waals surface area (Å²) >= 11 is 1.84. The van der Waals surface area contributed by atoms with Crippen LogP contribution in [0.15, 0.2) is 0 Å². The third-order valence-corrected chi connectivity index (χ3v) is 7.39. The Kier molecular flexibility index (Phi) is 4.94. The van der Waals surface area contributed by atoms with E-state index in [0.717, 1.165) is 75.1 Å². The Morgan fingerprint density at radius 1 is 1.18 bits per heavy atom. The van der Waals surface area contributed by atoms with Gasteiger partial charge in [-0.05, 0) is 37.7 Å². The number of carbonyl (C=O) groups is 1. The Bertz CT molecular complexity index is 892. The highest BCUT2D eigenvalue weighted by atomic mass is 32.1. The summed E-state index contributed by atoms with van der Waals surface area (Å²) in [5, 5.41) is 1.23. The zero-order chi connectivity index (χ0) is 19.1. The van der Waals surface area contributed by atoms with Gasteiger partial charge in [0.05, 0.1) is 31.1 Å². The van der Waals surface area contributed by atoms with Crippen molar-refractivity contribution in [3.05, 3.63) is 16.3 Å².